The van der Waals surface area contributed by atoms with Crippen molar-refractivity contribution >= 4 is 51.6 Å². The summed E-state index contributed by atoms with van der Waals surface area (Å²) < 4.78 is 6.31. The van der Waals surface area contributed by atoms with E-state index in [1.807, 2.05) is 25.1 Å². The van der Waals surface area contributed by atoms with Crippen LogP contribution in [0.5, 0.6) is 5.75 Å². The van der Waals surface area contributed by atoms with Crippen molar-refractivity contribution in [2.75, 3.05) is 17.7 Å². The number of benzene rings is 2. The fourth-order valence-corrected chi connectivity index (χ4v) is 2.64. The van der Waals surface area contributed by atoms with Crippen molar-refractivity contribution in [1.82, 2.24) is 0 Å². The highest BCUT2D eigenvalue weighted by atomic mass is 127. The topological polar surface area (TPSA) is 50.4 Å². The van der Waals surface area contributed by atoms with Crippen molar-refractivity contribution in [3.63, 3.8) is 0 Å². The molecule has 2 aromatic carbocycles. The second kappa shape index (κ2) is 7.00. The molecule has 0 saturated carbocycles. The Morgan fingerprint density at radius 3 is 2.52 bits per heavy atom. The summed E-state index contributed by atoms with van der Waals surface area (Å²) in [6.07, 6.45) is 0. The van der Waals surface area contributed by atoms with Crippen LogP contribution in [0.25, 0.3) is 0 Å². The van der Waals surface area contributed by atoms with Gasteiger partial charge in [-0.1, -0.05) is 11.6 Å². The summed E-state index contributed by atoms with van der Waals surface area (Å²) in [6.45, 7) is 1.94. The van der Waals surface area contributed by atoms with Gasteiger partial charge in [-0.05, 0) is 71.5 Å². The van der Waals surface area contributed by atoms with Crippen LogP contribution >= 0.6 is 34.2 Å². The first-order valence-corrected chi connectivity index (χ1v) is 7.63. The molecule has 110 valence electrons. The predicted octanol–water partition coefficient (Wildman–Crippen LogP) is 4.91. The molecule has 2 amide bonds. The summed E-state index contributed by atoms with van der Waals surface area (Å²) in [4.78, 5) is 12.1. The van der Waals surface area contributed by atoms with E-state index < -0.39 is 0 Å². The number of hydrogen-bond donors (Lipinski definition) is 2. The molecular formula is C15H14ClIN2O2. The summed E-state index contributed by atoms with van der Waals surface area (Å²) in [6, 6.07) is 10.5. The van der Waals surface area contributed by atoms with Crippen LogP contribution in [0.3, 0.4) is 0 Å². The Hall–Kier alpha value is -1.47. The number of hydrogen-bond acceptors (Lipinski definition) is 2. The van der Waals surface area contributed by atoms with Gasteiger partial charge >= 0.3 is 6.03 Å². The first-order valence-electron chi connectivity index (χ1n) is 6.17. The molecule has 0 fully saturated rings. The van der Waals surface area contributed by atoms with E-state index in [1.54, 1.807) is 18.2 Å². The van der Waals surface area contributed by atoms with Crippen molar-refractivity contribution in [3.05, 3.63) is 50.6 Å². The van der Waals surface area contributed by atoms with Gasteiger partial charge in [0.15, 0.2) is 0 Å². The van der Waals surface area contributed by atoms with Crippen molar-refractivity contribution in [2.45, 2.75) is 6.92 Å². The van der Waals surface area contributed by atoms with Crippen LogP contribution in [0, 0.1) is 10.5 Å². The van der Waals surface area contributed by atoms with E-state index in [-0.39, 0.29) is 6.03 Å². The van der Waals surface area contributed by atoms with Crippen LogP contribution in [-0.2, 0) is 0 Å². The third kappa shape index (κ3) is 4.25. The van der Waals surface area contributed by atoms with Crippen LogP contribution < -0.4 is 15.4 Å². The second-order valence-electron chi connectivity index (χ2n) is 4.38. The first kappa shape index (κ1) is 15.9. The summed E-state index contributed by atoms with van der Waals surface area (Å²) in [7, 11) is 1.54. The minimum Gasteiger partial charge on any atom is -0.495 e. The Morgan fingerprint density at radius 2 is 1.86 bits per heavy atom. The molecule has 0 aliphatic heterocycles. The Balaban J connectivity index is 2.13. The second-order valence-corrected chi connectivity index (χ2v) is 6.07. The quantitative estimate of drug-likeness (QED) is 0.699. The number of nitrogens with one attached hydrogen (secondary N) is 2. The SMILES string of the molecule is COc1ccc(Cl)cc1NC(=O)Nc1ccc(I)cc1C. The largest absolute Gasteiger partial charge is 0.495 e. The number of ether oxygens (including phenoxy) is 1. The number of halogens is 2. The van der Waals surface area contributed by atoms with E-state index in [4.69, 9.17) is 16.3 Å². The highest BCUT2D eigenvalue weighted by Crippen LogP contribution is 2.28. The number of carbonyl (C=O) groups excluding carboxylic acids is 1. The standard InChI is InChI=1S/C15H14ClIN2O2/c1-9-7-11(17)4-5-12(9)18-15(20)19-13-8-10(16)3-6-14(13)21-2/h3-8H,1-2H3,(H2,18,19,20). The van der Waals surface area contributed by atoms with Gasteiger partial charge in [-0.2, -0.15) is 0 Å². The lowest BCUT2D eigenvalue weighted by molar-refractivity contribution is 0.262. The number of methoxy groups -OCH3 is 1. The molecule has 0 atom stereocenters. The Kier molecular flexibility index (Phi) is 5.30. The molecule has 0 radical (unpaired) electrons. The van der Waals surface area contributed by atoms with Crippen molar-refractivity contribution < 1.29 is 9.53 Å². The molecule has 2 aromatic rings. The van der Waals surface area contributed by atoms with Crippen LogP contribution in [0.1, 0.15) is 5.56 Å². The molecule has 21 heavy (non-hydrogen) atoms. The maximum atomic E-state index is 12.1. The van der Waals surface area contributed by atoms with Crippen molar-refractivity contribution in [1.29, 1.82) is 0 Å². The van der Waals surface area contributed by atoms with E-state index in [2.05, 4.69) is 33.2 Å². The van der Waals surface area contributed by atoms with Crippen LogP contribution in [0.4, 0.5) is 16.2 Å². The van der Waals surface area contributed by atoms with Gasteiger partial charge in [-0.3, -0.25) is 0 Å². The van der Waals surface area contributed by atoms with Gasteiger partial charge in [0, 0.05) is 14.3 Å². The van der Waals surface area contributed by atoms with E-state index >= 15 is 0 Å². The summed E-state index contributed by atoms with van der Waals surface area (Å²) in [5.41, 5.74) is 2.27. The van der Waals surface area contributed by atoms with Gasteiger partial charge in [0.05, 0.1) is 12.8 Å². The lowest BCUT2D eigenvalue weighted by atomic mass is 10.2. The monoisotopic (exact) mass is 416 g/mol. The van der Waals surface area contributed by atoms with E-state index in [1.165, 1.54) is 7.11 Å². The molecule has 0 spiro atoms. The smallest absolute Gasteiger partial charge is 0.323 e. The first-order chi connectivity index (χ1) is 9.99. The number of urea groups is 1. The molecule has 0 saturated heterocycles. The summed E-state index contributed by atoms with van der Waals surface area (Å²) in [5, 5.41) is 6.06. The molecule has 2 rings (SSSR count). The zero-order valence-corrected chi connectivity index (χ0v) is 14.4. The fourth-order valence-electron chi connectivity index (χ4n) is 1.82. The van der Waals surface area contributed by atoms with Gasteiger partial charge in [0.1, 0.15) is 5.75 Å². The van der Waals surface area contributed by atoms with E-state index in [0.717, 1.165) is 14.8 Å². The molecule has 0 heterocycles. The van der Waals surface area contributed by atoms with Crippen molar-refractivity contribution in [3.8, 4) is 5.75 Å². The van der Waals surface area contributed by atoms with Gasteiger partial charge in [0.25, 0.3) is 0 Å². The number of carbonyl (C=O) groups is 1. The average molecular weight is 417 g/mol. The molecule has 0 aliphatic rings. The number of amides is 2. The molecule has 0 bridgehead atoms. The third-order valence-corrected chi connectivity index (χ3v) is 3.75. The molecule has 4 nitrogen and oxygen atoms in total. The number of rotatable bonds is 3. The van der Waals surface area contributed by atoms with Gasteiger partial charge in [0.2, 0.25) is 0 Å². The average Bonchev–Trinajstić information content (AvgIpc) is 2.42. The minimum atomic E-state index is -0.347. The zero-order chi connectivity index (χ0) is 15.4. The molecule has 0 aromatic heterocycles. The van der Waals surface area contributed by atoms with Gasteiger partial charge < -0.3 is 15.4 Å². The molecular weight excluding hydrogens is 403 g/mol. The predicted molar refractivity (Wildman–Crippen MR) is 94.5 cm³/mol. The zero-order valence-electron chi connectivity index (χ0n) is 11.5. The summed E-state index contributed by atoms with van der Waals surface area (Å²) >= 11 is 8.16. The fraction of sp³-hybridized carbons (Fsp3) is 0.133. The van der Waals surface area contributed by atoms with E-state index in [0.29, 0.717) is 16.5 Å². The minimum absolute atomic E-state index is 0.347. The van der Waals surface area contributed by atoms with Crippen LogP contribution in [-0.4, -0.2) is 13.1 Å². The highest BCUT2D eigenvalue weighted by molar-refractivity contribution is 14.1. The Bertz CT molecular complexity index is 677. The van der Waals surface area contributed by atoms with Crippen LogP contribution in [0.2, 0.25) is 5.02 Å². The molecule has 6 heteroatoms. The Morgan fingerprint density at radius 1 is 1.14 bits per heavy atom. The maximum absolute atomic E-state index is 12.1. The molecule has 2 N–H and O–H groups in total. The number of anilines is 2. The normalized spacial score (nSPS) is 10.1. The lowest BCUT2D eigenvalue weighted by Crippen LogP contribution is -2.20. The van der Waals surface area contributed by atoms with Crippen LogP contribution in [0.15, 0.2) is 36.4 Å². The third-order valence-electron chi connectivity index (χ3n) is 2.85. The lowest BCUT2D eigenvalue weighted by Gasteiger charge is -2.13. The Labute approximate surface area is 142 Å². The maximum Gasteiger partial charge on any atom is 0.323 e. The molecule has 0 unspecified atom stereocenters. The highest BCUT2D eigenvalue weighted by Gasteiger charge is 2.09. The van der Waals surface area contributed by atoms with Crippen molar-refractivity contribution in [2.24, 2.45) is 0 Å². The number of aryl methyl sites for hydroxylation is 1. The van der Waals surface area contributed by atoms with Gasteiger partial charge in [-0.25, -0.2) is 4.79 Å². The van der Waals surface area contributed by atoms with E-state index in [9.17, 15) is 4.79 Å². The molecule has 0 aliphatic carbocycles. The summed E-state index contributed by atoms with van der Waals surface area (Å²) in [5.74, 6) is 0.550. The van der Waals surface area contributed by atoms with Gasteiger partial charge in [-0.15, -0.1) is 0 Å².